The molecule has 0 bridgehead atoms. The number of rotatable bonds is 5. The van der Waals surface area contributed by atoms with Crippen LogP contribution in [0.4, 0.5) is 0 Å². The average Bonchev–Trinajstić information content (AvgIpc) is 2.46. The molecule has 0 aliphatic rings. The van der Waals surface area contributed by atoms with Gasteiger partial charge in [-0.15, -0.1) is 0 Å². The summed E-state index contributed by atoms with van der Waals surface area (Å²) in [4.78, 5) is 0. The summed E-state index contributed by atoms with van der Waals surface area (Å²) in [5.41, 5.74) is 8.55. The molecule has 2 rings (SSSR count). The van der Waals surface area contributed by atoms with Gasteiger partial charge in [-0.05, 0) is 43.2 Å². The van der Waals surface area contributed by atoms with Crippen molar-refractivity contribution in [1.29, 1.82) is 0 Å². The molecular formula is C17H20BrNO. The lowest BCUT2D eigenvalue weighted by molar-refractivity contribution is 0.171. The van der Waals surface area contributed by atoms with E-state index in [2.05, 4.69) is 41.9 Å². The standard InChI is InChI=1S/C17H20BrNO/c1-3-16(19)17(13-5-4-6-14(18)11-13)20-15-9-7-12(2)8-10-15/h4-11,16-17H,3,19H2,1-2H3. The minimum absolute atomic E-state index is 0.0365. The fourth-order valence-corrected chi connectivity index (χ4v) is 2.48. The van der Waals surface area contributed by atoms with Gasteiger partial charge in [0.05, 0.1) is 0 Å². The molecule has 0 saturated heterocycles. The number of aryl methyl sites for hydroxylation is 1. The van der Waals surface area contributed by atoms with Gasteiger partial charge in [0.25, 0.3) is 0 Å². The van der Waals surface area contributed by atoms with Crippen molar-refractivity contribution in [2.24, 2.45) is 5.73 Å². The molecule has 106 valence electrons. The van der Waals surface area contributed by atoms with Crippen molar-refractivity contribution in [1.82, 2.24) is 0 Å². The van der Waals surface area contributed by atoms with Crippen molar-refractivity contribution in [2.75, 3.05) is 0 Å². The van der Waals surface area contributed by atoms with Crippen molar-refractivity contribution in [3.8, 4) is 5.75 Å². The lowest BCUT2D eigenvalue weighted by Gasteiger charge is -2.25. The number of halogens is 1. The van der Waals surface area contributed by atoms with Crippen LogP contribution in [-0.2, 0) is 0 Å². The number of nitrogens with two attached hydrogens (primary N) is 1. The normalized spacial score (nSPS) is 13.8. The van der Waals surface area contributed by atoms with Crippen LogP contribution < -0.4 is 10.5 Å². The summed E-state index contributed by atoms with van der Waals surface area (Å²) >= 11 is 3.50. The molecule has 2 atom stereocenters. The van der Waals surface area contributed by atoms with Crippen molar-refractivity contribution in [3.63, 3.8) is 0 Å². The zero-order chi connectivity index (χ0) is 14.5. The van der Waals surface area contributed by atoms with E-state index >= 15 is 0 Å². The van der Waals surface area contributed by atoms with Crippen LogP contribution in [0.1, 0.15) is 30.6 Å². The number of hydrogen-bond donors (Lipinski definition) is 1. The Hall–Kier alpha value is -1.32. The highest BCUT2D eigenvalue weighted by Gasteiger charge is 2.20. The second-order valence-corrected chi connectivity index (χ2v) is 5.89. The van der Waals surface area contributed by atoms with Crippen molar-refractivity contribution >= 4 is 15.9 Å². The van der Waals surface area contributed by atoms with E-state index < -0.39 is 0 Å². The monoisotopic (exact) mass is 333 g/mol. The zero-order valence-electron chi connectivity index (χ0n) is 11.8. The zero-order valence-corrected chi connectivity index (χ0v) is 13.4. The highest BCUT2D eigenvalue weighted by atomic mass is 79.9. The summed E-state index contributed by atoms with van der Waals surface area (Å²) in [6, 6.07) is 16.2. The first-order chi connectivity index (χ1) is 9.60. The molecule has 0 fully saturated rings. The molecule has 0 aromatic heterocycles. The summed E-state index contributed by atoms with van der Waals surface area (Å²) in [6.45, 7) is 4.14. The Kier molecular flexibility index (Phi) is 5.21. The molecule has 2 aromatic rings. The van der Waals surface area contributed by atoms with Gasteiger partial charge in [-0.3, -0.25) is 0 Å². The van der Waals surface area contributed by atoms with Crippen LogP contribution in [0.15, 0.2) is 53.0 Å². The van der Waals surface area contributed by atoms with E-state index in [1.54, 1.807) is 0 Å². The number of benzene rings is 2. The van der Waals surface area contributed by atoms with Gasteiger partial charge in [0.2, 0.25) is 0 Å². The summed E-state index contributed by atoms with van der Waals surface area (Å²) in [5.74, 6) is 0.851. The van der Waals surface area contributed by atoms with Crippen LogP contribution in [0.25, 0.3) is 0 Å². The first-order valence-corrected chi connectivity index (χ1v) is 7.64. The highest BCUT2D eigenvalue weighted by Crippen LogP contribution is 2.27. The SMILES string of the molecule is CCC(N)C(Oc1ccc(C)cc1)c1cccc(Br)c1. The average molecular weight is 334 g/mol. The first kappa shape index (κ1) is 15.1. The van der Waals surface area contributed by atoms with Gasteiger partial charge < -0.3 is 10.5 Å². The lowest BCUT2D eigenvalue weighted by Crippen LogP contribution is -2.31. The maximum absolute atomic E-state index is 6.24. The Morgan fingerprint density at radius 2 is 1.85 bits per heavy atom. The predicted octanol–water partition coefficient (Wildman–Crippen LogP) is 4.61. The molecule has 0 saturated carbocycles. The summed E-state index contributed by atoms with van der Waals surface area (Å²) in [5, 5.41) is 0. The predicted molar refractivity (Wildman–Crippen MR) is 87.0 cm³/mol. The summed E-state index contributed by atoms with van der Waals surface area (Å²) in [6.07, 6.45) is 0.725. The number of hydrogen-bond acceptors (Lipinski definition) is 2. The van der Waals surface area contributed by atoms with E-state index in [1.807, 2.05) is 36.4 Å². The summed E-state index contributed by atoms with van der Waals surface area (Å²) in [7, 11) is 0. The van der Waals surface area contributed by atoms with E-state index in [-0.39, 0.29) is 12.1 Å². The molecule has 2 nitrogen and oxygen atoms in total. The van der Waals surface area contributed by atoms with Crippen LogP contribution in [0.2, 0.25) is 0 Å². The van der Waals surface area contributed by atoms with E-state index in [4.69, 9.17) is 10.5 Å². The Bertz CT molecular complexity index is 553. The van der Waals surface area contributed by atoms with Gasteiger partial charge in [-0.25, -0.2) is 0 Å². The van der Waals surface area contributed by atoms with E-state index in [0.29, 0.717) is 0 Å². The fraction of sp³-hybridized carbons (Fsp3) is 0.294. The molecule has 0 amide bonds. The molecule has 3 heteroatoms. The van der Waals surface area contributed by atoms with Crippen molar-refractivity contribution in [2.45, 2.75) is 32.4 Å². The second-order valence-electron chi connectivity index (χ2n) is 4.98. The highest BCUT2D eigenvalue weighted by molar-refractivity contribution is 9.10. The van der Waals surface area contributed by atoms with Gasteiger partial charge in [-0.1, -0.05) is 52.7 Å². The van der Waals surface area contributed by atoms with Gasteiger partial charge in [-0.2, -0.15) is 0 Å². The summed E-state index contributed by atoms with van der Waals surface area (Å²) < 4.78 is 7.16. The van der Waals surface area contributed by atoms with E-state index in [9.17, 15) is 0 Å². The third-order valence-electron chi connectivity index (χ3n) is 3.32. The van der Waals surface area contributed by atoms with Crippen LogP contribution in [-0.4, -0.2) is 6.04 Å². The van der Waals surface area contributed by atoms with Gasteiger partial charge >= 0.3 is 0 Å². The lowest BCUT2D eigenvalue weighted by atomic mass is 10.0. The Labute approximate surface area is 129 Å². The molecule has 0 heterocycles. The Morgan fingerprint density at radius 1 is 1.15 bits per heavy atom. The quantitative estimate of drug-likeness (QED) is 0.866. The van der Waals surface area contributed by atoms with Gasteiger partial charge in [0, 0.05) is 10.5 Å². The molecule has 0 aliphatic heterocycles. The Morgan fingerprint density at radius 3 is 2.45 bits per heavy atom. The minimum Gasteiger partial charge on any atom is -0.484 e. The molecule has 2 aromatic carbocycles. The van der Waals surface area contributed by atoms with Gasteiger partial charge in [0.1, 0.15) is 11.9 Å². The third-order valence-corrected chi connectivity index (χ3v) is 3.81. The number of ether oxygens (including phenoxy) is 1. The van der Waals surface area contributed by atoms with Crippen LogP contribution >= 0.6 is 15.9 Å². The largest absolute Gasteiger partial charge is 0.484 e. The molecule has 0 aliphatic carbocycles. The third kappa shape index (κ3) is 3.84. The second kappa shape index (κ2) is 6.91. The fourth-order valence-electron chi connectivity index (χ4n) is 2.06. The van der Waals surface area contributed by atoms with Crippen molar-refractivity contribution < 1.29 is 4.74 Å². The topological polar surface area (TPSA) is 35.2 Å². The Balaban J connectivity index is 2.26. The molecular weight excluding hydrogens is 314 g/mol. The van der Waals surface area contributed by atoms with Crippen molar-refractivity contribution in [3.05, 3.63) is 64.1 Å². The van der Waals surface area contributed by atoms with Gasteiger partial charge in [0.15, 0.2) is 0 Å². The van der Waals surface area contributed by atoms with E-state index in [0.717, 1.165) is 22.2 Å². The van der Waals surface area contributed by atoms with Crippen LogP contribution in [0.5, 0.6) is 5.75 Å². The maximum Gasteiger partial charge on any atom is 0.139 e. The maximum atomic E-state index is 6.24. The molecule has 2 N–H and O–H groups in total. The smallest absolute Gasteiger partial charge is 0.139 e. The van der Waals surface area contributed by atoms with Crippen LogP contribution in [0.3, 0.4) is 0 Å². The first-order valence-electron chi connectivity index (χ1n) is 6.84. The molecule has 0 spiro atoms. The minimum atomic E-state index is -0.139. The van der Waals surface area contributed by atoms with E-state index in [1.165, 1.54) is 5.56 Å². The molecule has 2 unspecified atom stereocenters. The molecule has 0 radical (unpaired) electrons. The van der Waals surface area contributed by atoms with Crippen LogP contribution in [0, 0.1) is 6.92 Å². The molecule has 20 heavy (non-hydrogen) atoms.